The Morgan fingerprint density at radius 1 is 1.21 bits per heavy atom. The molecule has 5 nitrogen and oxygen atoms in total. The maximum absolute atomic E-state index is 11.4. The lowest BCUT2D eigenvalue weighted by molar-refractivity contribution is -0.147. The van der Waals surface area contributed by atoms with Crippen molar-refractivity contribution in [2.75, 3.05) is 32.2 Å². The van der Waals surface area contributed by atoms with Crippen molar-refractivity contribution in [3.05, 3.63) is 24.3 Å². The molecule has 0 aliphatic heterocycles. The van der Waals surface area contributed by atoms with Crippen LogP contribution in [0.2, 0.25) is 0 Å². The van der Waals surface area contributed by atoms with E-state index in [1.54, 1.807) is 24.3 Å². The number of nitrogens with two attached hydrogens (primary N) is 1. The summed E-state index contributed by atoms with van der Waals surface area (Å²) in [5.74, 6) is 0.650. The number of hydrogen-bond acceptors (Lipinski definition) is 5. The Morgan fingerprint density at radius 2 is 1.89 bits per heavy atom. The van der Waals surface area contributed by atoms with Crippen molar-refractivity contribution in [1.82, 2.24) is 0 Å². The molecule has 19 heavy (non-hydrogen) atoms. The average Bonchev–Trinajstić information content (AvgIpc) is 2.37. The van der Waals surface area contributed by atoms with E-state index in [4.69, 9.17) is 19.9 Å². The first kappa shape index (κ1) is 15.3. The quantitative estimate of drug-likeness (QED) is 0.442. The number of hydrogen-bond donors (Lipinski definition) is 1. The third-order valence-corrected chi connectivity index (χ3v) is 2.18. The number of rotatable bonds is 8. The van der Waals surface area contributed by atoms with Crippen LogP contribution in [-0.4, -0.2) is 32.4 Å². The molecule has 0 amide bonds. The van der Waals surface area contributed by atoms with E-state index >= 15 is 0 Å². The topological polar surface area (TPSA) is 70.8 Å². The van der Waals surface area contributed by atoms with Gasteiger partial charge in [0.15, 0.2) is 6.61 Å². The van der Waals surface area contributed by atoms with Gasteiger partial charge < -0.3 is 19.9 Å². The Hall–Kier alpha value is -1.75. The SMILES string of the molecule is CC(C)COCCOC(=O)COc1ccc(N)cc1. The van der Waals surface area contributed by atoms with Gasteiger partial charge in [-0.2, -0.15) is 0 Å². The summed E-state index contributed by atoms with van der Waals surface area (Å²) in [6.45, 7) is 5.33. The summed E-state index contributed by atoms with van der Waals surface area (Å²) < 4.78 is 15.5. The summed E-state index contributed by atoms with van der Waals surface area (Å²) in [5.41, 5.74) is 6.19. The third-order valence-electron chi connectivity index (χ3n) is 2.18. The number of ether oxygens (including phenoxy) is 3. The molecule has 0 unspecified atom stereocenters. The smallest absolute Gasteiger partial charge is 0.344 e. The number of benzene rings is 1. The molecule has 1 rings (SSSR count). The molecule has 0 fully saturated rings. The second-order valence-electron chi connectivity index (χ2n) is 4.55. The molecule has 2 N–H and O–H groups in total. The number of carbonyl (C=O) groups excluding carboxylic acids is 1. The first-order valence-corrected chi connectivity index (χ1v) is 6.29. The average molecular weight is 267 g/mol. The van der Waals surface area contributed by atoms with Gasteiger partial charge in [-0.15, -0.1) is 0 Å². The van der Waals surface area contributed by atoms with Crippen molar-refractivity contribution in [2.45, 2.75) is 13.8 Å². The molecule has 106 valence electrons. The summed E-state index contributed by atoms with van der Waals surface area (Å²) in [4.78, 5) is 11.4. The van der Waals surface area contributed by atoms with Crippen molar-refractivity contribution in [3.63, 3.8) is 0 Å². The van der Waals surface area contributed by atoms with Crippen LogP contribution in [0.1, 0.15) is 13.8 Å². The maximum atomic E-state index is 11.4. The number of carbonyl (C=O) groups is 1. The second-order valence-corrected chi connectivity index (χ2v) is 4.55. The molecular formula is C14H21NO4. The molecule has 0 bridgehead atoms. The van der Waals surface area contributed by atoms with E-state index in [0.29, 0.717) is 30.6 Å². The number of nitrogen functional groups attached to an aromatic ring is 1. The summed E-state index contributed by atoms with van der Waals surface area (Å²) in [6.07, 6.45) is 0. The zero-order valence-corrected chi connectivity index (χ0v) is 11.4. The van der Waals surface area contributed by atoms with Gasteiger partial charge in [0.25, 0.3) is 0 Å². The lowest BCUT2D eigenvalue weighted by Gasteiger charge is -2.08. The number of anilines is 1. The Balaban J connectivity index is 2.09. The minimum Gasteiger partial charge on any atom is -0.482 e. The molecule has 0 heterocycles. The fourth-order valence-corrected chi connectivity index (χ4v) is 1.28. The van der Waals surface area contributed by atoms with Crippen molar-refractivity contribution in [2.24, 2.45) is 5.92 Å². The predicted molar refractivity (Wildman–Crippen MR) is 73.0 cm³/mol. The third kappa shape index (κ3) is 7.31. The monoisotopic (exact) mass is 267 g/mol. The lowest BCUT2D eigenvalue weighted by Crippen LogP contribution is -2.18. The molecule has 0 spiro atoms. The molecule has 0 saturated carbocycles. The van der Waals surface area contributed by atoms with Gasteiger partial charge in [0.05, 0.1) is 6.61 Å². The van der Waals surface area contributed by atoms with Crippen LogP contribution < -0.4 is 10.5 Å². The van der Waals surface area contributed by atoms with E-state index < -0.39 is 5.97 Å². The molecule has 0 aromatic heterocycles. The van der Waals surface area contributed by atoms with Crippen molar-refractivity contribution >= 4 is 11.7 Å². The maximum Gasteiger partial charge on any atom is 0.344 e. The largest absolute Gasteiger partial charge is 0.482 e. The van der Waals surface area contributed by atoms with Crippen LogP contribution in [0.4, 0.5) is 5.69 Å². The van der Waals surface area contributed by atoms with E-state index in [2.05, 4.69) is 13.8 Å². The highest BCUT2D eigenvalue weighted by atomic mass is 16.6. The zero-order chi connectivity index (χ0) is 14.1. The van der Waals surface area contributed by atoms with E-state index in [1.807, 2.05) is 0 Å². The van der Waals surface area contributed by atoms with Crippen LogP contribution in [0.25, 0.3) is 0 Å². The minimum absolute atomic E-state index is 0.117. The van der Waals surface area contributed by atoms with Crippen LogP contribution >= 0.6 is 0 Å². The van der Waals surface area contributed by atoms with Crippen molar-refractivity contribution in [3.8, 4) is 5.75 Å². The minimum atomic E-state index is -0.412. The molecule has 0 atom stereocenters. The Kier molecular flexibility index (Phi) is 6.74. The highest BCUT2D eigenvalue weighted by Gasteiger charge is 2.04. The molecule has 1 aromatic rings. The number of esters is 1. The summed E-state index contributed by atoms with van der Waals surface area (Å²) in [5, 5.41) is 0. The molecular weight excluding hydrogens is 246 g/mol. The van der Waals surface area contributed by atoms with Gasteiger partial charge in [0, 0.05) is 12.3 Å². The first-order valence-electron chi connectivity index (χ1n) is 6.29. The fourth-order valence-electron chi connectivity index (χ4n) is 1.28. The van der Waals surface area contributed by atoms with Gasteiger partial charge in [-0.3, -0.25) is 0 Å². The van der Waals surface area contributed by atoms with E-state index in [0.717, 1.165) is 0 Å². The lowest BCUT2D eigenvalue weighted by atomic mass is 10.2. The predicted octanol–water partition coefficient (Wildman–Crippen LogP) is 1.86. The van der Waals surface area contributed by atoms with E-state index in [9.17, 15) is 4.79 Å². The molecule has 0 aliphatic rings. The van der Waals surface area contributed by atoms with Crippen LogP contribution in [-0.2, 0) is 14.3 Å². The van der Waals surface area contributed by atoms with Crippen molar-refractivity contribution in [1.29, 1.82) is 0 Å². The van der Waals surface area contributed by atoms with Gasteiger partial charge in [-0.1, -0.05) is 13.8 Å². The van der Waals surface area contributed by atoms with Gasteiger partial charge in [0.1, 0.15) is 12.4 Å². The van der Waals surface area contributed by atoms with Crippen LogP contribution in [0.5, 0.6) is 5.75 Å². The van der Waals surface area contributed by atoms with Gasteiger partial charge in [0.2, 0.25) is 0 Å². The second kappa shape index (κ2) is 8.37. The van der Waals surface area contributed by atoms with Crippen LogP contribution in [0.15, 0.2) is 24.3 Å². The normalized spacial score (nSPS) is 10.5. The first-order chi connectivity index (χ1) is 9.08. The zero-order valence-electron chi connectivity index (χ0n) is 11.4. The van der Waals surface area contributed by atoms with Gasteiger partial charge >= 0.3 is 5.97 Å². The van der Waals surface area contributed by atoms with E-state index in [-0.39, 0.29) is 13.2 Å². The fraction of sp³-hybridized carbons (Fsp3) is 0.500. The summed E-state index contributed by atoms with van der Waals surface area (Å²) in [6, 6.07) is 6.82. The molecule has 0 aliphatic carbocycles. The van der Waals surface area contributed by atoms with Crippen molar-refractivity contribution < 1.29 is 19.0 Å². The Morgan fingerprint density at radius 3 is 2.53 bits per heavy atom. The molecule has 0 saturated heterocycles. The van der Waals surface area contributed by atoms with E-state index in [1.165, 1.54) is 0 Å². The molecule has 0 radical (unpaired) electrons. The summed E-state index contributed by atoms with van der Waals surface area (Å²) in [7, 11) is 0. The molecule has 5 heteroatoms. The Bertz CT molecular complexity index is 376. The van der Waals surface area contributed by atoms with Gasteiger partial charge in [-0.25, -0.2) is 4.79 Å². The highest BCUT2D eigenvalue weighted by molar-refractivity contribution is 5.71. The molecule has 1 aromatic carbocycles. The van der Waals surface area contributed by atoms with Gasteiger partial charge in [-0.05, 0) is 30.2 Å². The summed E-state index contributed by atoms with van der Waals surface area (Å²) >= 11 is 0. The van der Waals surface area contributed by atoms with Crippen LogP contribution in [0, 0.1) is 5.92 Å². The highest BCUT2D eigenvalue weighted by Crippen LogP contribution is 2.12. The Labute approximate surface area is 113 Å². The van der Waals surface area contributed by atoms with Crippen LogP contribution in [0.3, 0.4) is 0 Å². The standard InChI is InChI=1S/C14H21NO4/c1-11(2)9-17-7-8-18-14(16)10-19-13-5-3-12(15)4-6-13/h3-6,11H,7-10,15H2,1-2H3.